The number of ether oxygens (including phenoxy) is 1. The van der Waals surface area contributed by atoms with E-state index in [1.807, 2.05) is 0 Å². The third-order valence-electron chi connectivity index (χ3n) is 4.90. The summed E-state index contributed by atoms with van der Waals surface area (Å²) in [7, 11) is 1.32. The minimum absolute atomic E-state index is 0.0572. The molecule has 0 atom stereocenters. The molecule has 1 aliphatic carbocycles. The summed E-state index contributed by atoms with van der Waals surface area (Å²) in [6.07, 6.45) is 3.43. The van der Waals surface area contributed by atoms with Gasteiger partial charge >= 0.3 is 5.97 Å². The number of methoxy groups -OCH3 is 1. The van der Waals surface area contributed by atoms with Gasteiger partial charge in [-0.2, -0.15) is 11.8 Å². The summed E-state index contributed by atoms with van der Waals surface area (Å²) in [5, 5.41) is 3.54. The van der Waals surface area contributed by atoms with Gasteiger partial charge in [-0.1, -0.05) is 6.07 Å². The number of aromatic amines is 1. The van der Waals surface area contributed by atoms with Crippen molar-refractivity contribution < 1.29 is 14.3 Å². The number of H-pyrrole nitrogens is 1. The summed E-state index contributed by atoms with van der Waals surface area (Å²) in [5.74, 6) is 1.18. The number of hydrogen-bond donors (Lipinski definition) is 2. The first-order valence-corrected chi connectivity index (χ1v) is 11.6. The van der Waals surface area contributed by atoms with E-state index >= 15 is 0 Å². The van der Waals surface area contributed by atoms with Crippen LogP contribution in [0, 0.1) is 0 Å². The van der Waals surface area contributed by atoms with Crippen LogP contribution in [0.5, 0.6) is 0 Å². The highest BCUT2D eigenvalue weighted by atomic mass is 32.2. The van der Waals surface area contributed by atoms with Gasteiger partial charge < -0.3 is 15.0 Å². The lowest BCUT2D eigenvalue weighted by atomic mass is 10.2. The number of anilines is 1. The molecule has 156 valence electrons. The summed E-state index contributed by atoms with van der Waals surface area (Å²) < 4.78 is 4.68. The van der Waals surface area contributed by atoms with E-state index in [-0.39, 0.29) is 11.5 Å². The lowest BCUT2D eigenvalue weighted by Crippen LogP contribution is -2.13. The topological polar surface area (TPSA) is 101 Å². The Labute approximate surface area is 181 Å². The van der Waals surface area contributed by atoms with Crippen LogP contribution in [0.25, 0.3) is 10.2 Å². The summed E-state index contributed by atoms with van der Waals surface area (Å²) in [4.78, 5) is 45.8. The van der Waals surface area contributed by atoms with E-state index < -0.39 is 5.97 Å². The van der Waals surface area contributed by atoms with Gasteiger partial charge in [-0.3, -0.25) is 9.59 Å². The van der Waals surface area contributed by atoms with Gasteiger partial charge in [0.25, 0.3) is 5.56 Å². The predicted octanol–water partition coefficient (Wildman–Crippen LogP) is 3.52. The minimum Gasteiger partial charge on any atom is -0.465 e. The number of benzene rings is 1. The number of fused-ring (bicyclic) bond motifs is 3. The second-order valence-electron chi connectivity index (χ2n) is 6.97. The Kier molecular flexibility index (Phi) is 6.19. The Morgan fingerprint density at radius 2 is 2.20 bits per heavy atom. The molecule has 4 rings (SSSR count). The molecule has 7 nitrogen and oxygen atoms in total. The molecule has 0 saturated carbocycles. The maximum Gasteiger partial charge on any atom is 0.337 e. The molecule has 0 saturated heterocycles. The molecule has 9 heteroatoms. The predicted molar refractivity (Wildman–Crippen MR) is 119 cm³/mol. The standard InChI is InChI=1S/C21H21N3O4S2/c1-28-21(27)12-4-2-5-13(10-12)22-17(25)8-9-29-11-16-23-19(26)18-14-6-3-7-15(14)30-20(18)24-16/h2,4-5,10H,3,6-9,11H2,1H3,(H,22,25)(H,23,24,26). The molecule has 0 unspecified atom stereocenters. The monoisotopic (exact) mass is 443 g/mol. The number of aryl methyl sites for hydroxylation is 2. The van der Waals surface area contributed by atoms with Crippen molar-refractivity contribution in [2.24, 2.45) is 0 Å². The Bertz CT molecular complexity index is 1170. The molecular weight excluding hydrogens is 422 g/mol. The van der Waals surface area contributed by atoms with Crippen LogP contribution >= 0.6 is 23.1 Å². The van der Waals surface area contributed by atoms with Crippen molar-refractivity contribution in [1.29, 1.82) is 0 Å². The molecule has 2 N–H and O–H groups in total. The molecule has 0 fully saturated rings. The smallest absolute Gasteiger partial charge is 0.337 e. The molecule has 2 aromatic heterocycles. The maximum atomic E-state index is 12.5. The highest BCUT2D eigenvalue weighted by Gasteiger charge is 2.21. The average molecular weight is 444 g/mol. The lowest BCUT2D eigenvalue weighted by molar-refractivity contribution is -0.115. The number of rotatable bonds is 7. The quantitative estimate of drug-likeness (QED) is 0.428. The van der Waals surface area contributed by atoms with Crippen LogP contribution in [0.1, 0.15) is 39.5 Å². The summed E-state index contributed by atoms with van der Waals surface area (Å²) in [6.45, 7) is 0. The van der Waals surface area contributed by atoms with Gasteiger partial charge in [0.05, 0.1) is 23.8 Å². The Morgan fingerprint density at radius 3 is 3.03 bits per heavy atom. The van der Waals surface area contributed by atoms with Gasteiger partial charge in [-0.05, 0) is 43.0 Å². The maximum absolute atomic E-state index is 12.5. The molecule has 3 aromatic rings. The molecule has 1 amide bonds. The van der Waals surface area contributed by atoms with Crippen LogP contribution in [0.15, 0.2) is 29.1 Å². The van der Waals surface area contributed by atoms with Crippen LogP contribution in [0.2, 0.25) is 0 Å². The van der Waals surface area contributed by atoms with Gasteiger partial charge in [0.15, 0.2) is 0 Å². The number of carbonyl (C=O) groups is 2. The van der Waals surface area contributed by atoms with E-state index in [1.54, 1.807) is 47.4 Å². The zero-order valence-corrected chi connectivity index (χ0v) is 18.1. The average Bonchev–Trinajstić information content (AvgIpc) is 3.31. The molecule has 30 heavy (non-hydrogen) atoms. The molecule has 0 radical (unpaired) electrons. The number of thiophene rings is 1. The number of carbonyl (C=O) groups excluding carboxylic acids is 2. The number of nitrogens with one attached hydrogen (secondary N) is 2. The fraction of sp³-hybridized carbons (Fsp3) is 0.333. The minimum atomic E-state index is -0.448. The zero-order valence-electron chi connectivity index (χ0n) is 16.4. The van der Waals surface area contributed by atoms with E-state index in [9.17, 15) is 14.4 Å². The van der Waals surface area contributed by atoms with Crippen molar-refractivity contribution in [2.45, 2.75) is 31.4 Å². The largest absolute Gasteiger partial charge is 0.465 e. The van der Waals surface area contributed by atoms with Crippen molar-refractivity contribution >= 4 is 50.9 Å². The van der Waals surface area contributed by atoms with Crippen molar-refractivity contribution in [1.82, 2.24) is 9.97 Å². The van der Waals surface area contributed by atoms with Gasteiger partial charge in [0.2, 0.25) is 5.91 Å². The van der Waals surface area contributed by atoms with Gasteiger partial charge in [0, 0.05) is 22.7 Å². The van der Waals surface area contributed by atoms with Crippen molar-refractivity contribution in [3.8, 4) is 0 Å². The number of amides is 1. The first-order valence-electron chi connectivity index (χ1n) is 9.64. The second-order valence-corrected chi connectivity index (χ2v) is 9.16. The zero-order chi connectivity index (χ0) is 21.1. The molecule has 1 aromatic carbocycles. The normalized spacial score (nSPS) is 12.7. The van der Waals surface area contributed by atoms with E-state index in [2.05, 4.69) is 20.0 Å². The number of nitrogens with zero attached hydrogens (tertiary/aromatic N) is 1. The Hall–Kier alpha value is -2.65. The summed E-state index contributed by atoms with van der Waals surface area (Å²) in [6, 6.07) is 6.62. The van der Waals surface area contributed by atoms with Crippen LogP contribution < -0.4 is 10.9 Å². The van der Waals surface area contributed by atoms with E-state index in [4.69, 9.17) is 0 Å². The van der Waals surface area contributed by atoms with Gasteiger partial charge in [-0.15, -0.1) is 11.3 Å². The number of hydrogen-bond acceptors (Lipinski definition) is 7. The highest BCUT2D eigenvalue weighted by Crippen LogP contribution is 2.34. The molecule has 2 heterocycles. The van der Waals surface area contributed by atoms with Crippen molar-refractivity contribution in [2.75, 3.05) is 18.2 Å². The fourth-order valence-electron chi connectivity index (χ4n) is 3.51. The molecule has 0 bridgehead atoms. The van der Waals surface area contributed by atoms with Crippen LogP contribution in [-0.2, 0) is 28.1 Å². The third kappa shape index (κ3) is 4.41. The molecule has 0 aliphatic heterocycles. The molecular formula is C21H21N3O4S2. The van der Waals surface area contributed by atoms with Gasteiger partial charge in [0.1, 0.15) is 10.7 Å². The van der Waals surface area contributed by atoms with E-state index in [1.165, 1.54) is 17.6 Å². The third-order valence-corrected chi connectivity index (χ3v) is 7.06. The Morgan fingerprint density at radius 1 is 1.33 bits per heavy atom. The SMILES string of the molecule is COC(=O)c1cccc(NC(=O)CCSCc2nc3sc4c(c3c(=O)[nH]2)CCC4)c1. The molecule has 1 aliphatic rings. The first kappa shape index (κ1) is 20.6. The van der Waals surface area contributed by atoms with Crippen molar-refractivity contribution in [3.05, 3.63) is 56.4 Å². The van der Waals surface area contributed by atoms with Crippen LogP contribution in [0.4, 0.5) is 5.69 Å². The van der Waals surface area contributed by atoms with E-state index in [0.717, 1.165) is 29.5 Å². The summed E-state index contributed by atoms with van der Waals surface area (Å²) in [5.41, 5.74) is 2.05. The van der Waals surface area contributed by atoms with Crippen LogP contribution in [-0.4, -0.2) is 34.7 Å². The summed E-state index contributed by atoms with van der Waals surface area (Å²) >= 11 is 3.17. The van der Waals surface area contributed by atoms with Crippen molar-refractivity contribution in [3.63, 3.8) is 0 Å². The van der Waals surface area contributed by atoms with Gasteiger partial charge in [-0.25, -0.2) is 9.78 Å². The second kappa shape index (κ2) is 9.01. The molecule has 0 spiro atoms. The number of esters is 1. The lowest BCUT2D eigenvalue weighted by Gasteiger charge is -2.07. The van der Waals surface area contributed by atoms with E-state index in [0.29, 0.717) is 35.0 Å². The highest BCUT2D eigenvalue weighted by molar-refractivity contribution is 7.98. The number of aromatic nitrogens is 2. The Balaban J connectivity index is 1.29. The van der Waals surface area contributed by atoms with Crippen LogP contribution in [0.3, 0.4) is 0 Å². The fourth-order valence-corrected chi connectivity index (χ4v) is 5.60. The number of thioether (sulfide) groups is 1. The first-order chi connectivity index (χ1) is 14.5.